The predicted molar refractivity (Wildman–Crippen MR) is 44.2 cm³/mol. The summed E-state index contributed by atoms with van der Waals surface area (Å²) < 4.78 is 0. The first-order chi connectivity index (χ1) is 5.33. The van der Waals surface area contributed by atoms with Gasteiger partial charge in [0.15, 0.2) is 0 Å². The molecular formula is C7H11N3O. The maximum Gasteiger partial charge on any atom is 0.123 e. The summed E-state index contributed by atoms with van der Waals surface area (Å²) in [5.41, 5.74) is 6.24. The van der Waals surface area contributed by atoms with Crippen molar-refractivity contribution >= 4 is 11.5 Å². The first-order valence-electron chi connectivity index (χ1n) is 3.39. The standard InChI is InChI=1S/C7H11N3O/c8-7-2-1-6(5-10-7)9-3-4-11/h1-2,5,9,11H,3-4H2,(H2,8,10). The van der Waals surface area contributed by atoms with Crippen LogP contribution in [0.25, 0.3) is 0 Å². The van der Waals surface area contributed by atoms with E-state index in [0.717, 1.165) is 5.69 Å². The van der Waals surface area contributed by atoms with Crippen molar-refractivity contribution < 1.29 is 5.11 Å². The number of anilines is 2. The van der Waals surface area contributed by atoms with E-state index < -0.39 is 0 Å². The molecule has 11 heavy (non-hydrogen) atoms. The maximum absolute atomic E-state index is 8.47. The zero-order valence-electron chi connectivity index (χ0n) is 6.12. The van der Waals surface area contributed by atoms with E-state index in [1.165, 1.54) is 0 Å². The van der Waals surface area contributed by atoms with E-state index >= 15 is 0 Å². The van der Waals surface area contributed by atoms with E-state index in [2.05, 4.69) is 10.3 Å². The summed E-state index contributed by atoms with van der Waals surface area (Å²) in [5, 5.41) is 11.4. The lowest BCUT2D eigenvalue weighted by molar-refractivity contribution is 0.311. The number of nitrogens with zero attached hydrogens (tertiary/aromatic N) is 1. The Bertz CT molecular complexity index is 209. The topological polar surface area (TPSA) is 71.2 Å². The van der Waals surface area contributed by atoms with Crippen LogP contribution in [0.1, 0.15) is 0 Å². The first-order valence-corrected chi connectivity index (χ1v) is 3.39. The van der Waals surface area contributed by atoms with Gasteiger partial charge in [-0.2, -0.15) is 0 Å². The van der Waals surface area contributed by atoms with Gasteiger partial charge in [-0.1, -0.05) is 0 Å². The Hall–Kier alpha value is -1.29. The van der Waals surface area contributed by atoms with Crippen LogP contribution in [0, 0.1) is 0 Å². The molecule has 0 saturated carbocycles. The molecule has 0 spiro atoms. The van der Waals surface area contributed by atoms with Gasteiger partial charge >= 0.3 is 0 Å². The highest BCUT2D eigenvalue weighted by molar-refractivity contribution is 5.45. The molecule has 0 atom stereocenters. The number of nitrogen functional groups attached to an aromatic ring is 1. The van der Waals surface area contributed by atoms with Gasteiger partial charge in [-0.05, 0) is 12.1 Å². The summed E-state index contributed by atoms with van der Waals surface area (Å²) in [6.07, 6.45) is 1.63. The van der Waals surface area contributed by atoms with Crippen LogP contribution in [-0.2, 0) is 0 Å². The van der Waals surface area contributed by atoms with Crippen molar-refractivity contribution in [2.45, 2.75) is 0 Å². The molecule has 0 aromatic carbocycles. The first kappa shape index (κ1) is 7.81. The van der Waals surface area contributed by atoms with Crippen LogP contribution in [0.5, 0.6) is 0 Å². The van der Waals surface area contributed by atoms with Crippen LogP contribution in [0.3, 0.4) is 0 Å². The third-order valence-electron chi connectivity index (χ3n) is 1.23. The summed E-state index contributed by atoms with van der Waals surface area (Å²) in [5.74, 6) is 0.500. The van der Waals surface area contributed by atoms with Crippen LogP contribution < -0.4 is 11.1 Å². The predicted octanol–water partition coefficient (Wildman–Crippen LogP) is 0.0680. The van der Waals surface area contributed by atoms with Gasteiger partial charge in [-0.25, -0.2) is 4.98 Å². The summed E-state index contributed by atoms with van der Waals surface area (Å²) in [4.78, 5) is 3.87. The second-order valence-electron chi connectivity index (χ2n) is 2.12. The van der Waals surface area contributed by atoms with Gasteiger partial charge in [0.25, 0.3) is 0 Å². The molecule has 1 aromatic heterocycles. The molecule has 0 unspecified atom stereocenters. The highest BCUT2D eigenvalue weighted by Crippen LogP contribution is 2.05. The van der Waals surface area contributed by atoms with Crippen LogP contribution in [0.4, 0.5) is 11.5 Å². The molecule has 0 aliphatic rings. The average Bonchev–Trinajstić information content (AvgIpc) is 2.04. The fraction of sp³-hybridized carbons (Fsp3) is 0.286. The number of aliphatic hydroxyl groups is 1. The fourth-order valence-corrected chi connectivity index (χ4v) is 0.710. The molecule has 0 saturated heterocycles. The van der Waals surface area contributed by atoms with Crippen LogP contribution in [-0.4, -0.2) is 23.2 Å². The molecule has 1 aromatic rings. The van der Waals surface area contributed by atoms with Gasteiger partial charge < -0.3 is 16.2 Å². The van der Waals surface area contributed by atoms with Crippen molar-refractivity contribution in [2.24, 2.45) is 0 Å². The van der Waals surface area contributed by atoms with Gasteiger partial charge in [0.2, 0.25) is 0 Å². The third kappa shape index (κ3) is 2.43. The fourth-order valence-electron chi connectivity index (χ4n) is 0.710. The van der Waals surface area contributed by atoms with Crippen LogP contribution in [0.2, 0.25) is 0 Å². The molecular weight excluding hydrogens is 142 g/mol. The summed E-state index contributed by atoms with van der Waals surface area (Å²) in [6.45, 7) is 0.649. The van der Waals surface area contributed by atoms with Gasteiger partial charge in [-0.3, -0.25) is 0 Å². The number of rotatable bonds is 3. The highest BCUT2D eigenvalue weighted by Gasteiger charge is 1.89. The number of pyridine rings is 1. The Kier molecular flexibility index (Phi) is 2.68. The molecule has 4 heteroatoms. The zero-order chi connectivity index (χ0) is 8.10. The Morgan fingerprint density at radius 2 is 2.36 bits per heavy atom. The second-order valence-corrected chi connectivity index (χ2v) is 2.12. The number of nitrogens with two attached hydrogens (primary N) is 1. The molecule has 0 bridgehead atoms. The Morgan fingerprint density at radius 1 is 1.55 bits per heavy atom. The van der Waals surface area contributed by atoms with Crippen molar-refractivity contribution in [3.8, 4) is 0 Å². The van der Waals surface area contributed by atoms with Gasteiger partial charge in [0, 0.05) is 6.54 Å². The summed E-state index contributed by atoms with van der Waals surface area (Å²) in [6, 6.07) is 3.53. The maximum atomic E-state index is 8.47. The van der Waals surface area contributed by atoms with E-state index in [1.54, 1.807) is 12.3 Å². The van der Waals surface area contributed by atoms with Gasteiger partial charge in [-0.15, -0.1) is 0 Å². The third-order valence-corrected chi connectivity index (χ3v) is 1.23. The number of hydrogen-bond donors (Lipinski definition) is 3. The lowest BCUT2D eigenvalue weighted by atomic mass is 10.4. The van der Waals surface area contributed by atoms with Gasteiger partial charge in [0.05, 0.1) is 18.5 Å². The normalized spacial score (nSPS) is 9.55. The van der Waals surface area contributed by atoms with Crippen molar-refractivity contribution in [2.75, 3.05) is 24.2 Å². The lowest BCUT2D eigenvalue weighted by Crippen LogP contribution is -2.05. The van der Waals surface area contributed by atoms with E-state index in [1.807, 2.05) is 6.07 Å². The number of nitrogens with one attached hydrogen (secondary N) is 1. The molecule has 1 heterocycles. The molecule has 0 aliphatic heterocycles. The Morgan fingerprint density at radius 3 is 2.91 bits per heavy atom. The van der Waals surface area contributed by atoms with E-state index in [4.69, 9.17) is 10.8 Å². The molecule has 4 N–H and O–H groups in total. The number of aliphatic hydroxyl groups excluding tert-OH is 1. The largest absolute Gasteiger partial charge is 0.395 e. The Labute approximate surface area is 65.1 Å². The summed E-state index contributed by atoms with van der Waals surface area (Å²) in [7, 11) is 0. The molecule has 0 amide bonds. The number of hydrogen-bond acceptors (Lipinski definition) is 4. The molecule has 4 nitrogen and oxygen atoms in total. The molecule has 0 fully saturated rings. The molecule has 0 radical (unpaired) electrons. The van der Waals surface area contributed by atoms with Crippen molar-refractivity contribution in [3.63, 3.8) is 0 Å². The minimum absolute atomic E-state index is 0.115. The Balaban J connectivity index is 2.52. The quantitative estimate of drug-likeness (QED) is 0.574. The average molecular weight is 153 g/mol. The molecule has 60 valence electrons. The van der Waals surface area contributed by atoms with Gasteiger partial charge in [0.1, 0.15) is 5.82 Å². The van der Waals surface area contributed by atoms with Crippen molar-refractivity contribution in [3.05, 3.63) is 18.3 Å². The minimum Gasteiger partial charge on any atom is -0.395 e. The summed E-state index contributed by atoms with van der Waals surface area (Å²) >= 11 is 0. The molecule has 0 aliphatic carbocycles. The smallest absolute Gasteiger partial charge is 0.123 e. The van der Waals surface area contributed by atoms with Crippen molar-refractivity contribution in [1.82, 2.24) is 4.98 Å². The van der Waals surface area contributed by atoms with E-state index in [0.29, 0.717) is 12.4 Å². The van der Waals surface area contributed by atoms with Crippen LogP contribution in [0.15, 0.2) is 18.3 Å². The second kappa shape index (κ2) is 3.78. The highest BCUT2D eigenvalue weighted by atomic mass is 16.3. The number of aromatic nitrogens is 1. The minimum atomic E-state index is 0.115. The van der Waals surface area contributed by atoms with E-state index in [9.17, 15) is 0 Å². The molecule has 1 rings (SSSR count). The SMILES string of the molecule is Nc1ccc(NCCO)cn1. The van der Waals surface area contributed by atoms with Crippen LogP contribution >= 0.6 is 0 Å². The monoisotopic (exact) mass is 153 g/mol. The van der Waals surface area contributed by atoms with E-state index in [-0.39, 0.29) is 6.61 Å². The zero-order valence-corrected chi connectivity index (χ0v) is 6.12. The lowest BCUT2D eigenvalue weighted by Gasteiger charge is -2.02. The van der Waals surface area contributed by atoms with Crippen molar-refractivity contribution in [1.29, 1.82) is 0 Å².